The van der Waals surface area contributed by atoms with Crippen molar-refractivity contribution in [3.8, 4) is 0 Å². The van der Waals surface area contributed by atoms with Crippen LogP contribution in [0.4, 0.5) is 0 Å². The molecule has 1 aromatic heterocycles. The maximum absolute atomic E-state index is 13.3. The number of nitrogens with one attached hydrogen (secondary N) is 4. The molecular formula is C26H38N6O5S. The van der Waals surface area contributed by atoms with Crippen molar-refractivity contribution in [2.24, 2.45) is 11.7 Å². The van der Waals surface area contributed by atoms with Crippen LogP contribution in [0.25, 0.3) is 0 Å². The third kappa shape index (κ3) is 10.5. The van der Waals surface area contributed by atoms with E-state index in [0.717, 1.165) is 5.56 Å². The van der Waals surface area contributed by atoms with Gasteiger partial charge in [-0.1, -0.05) is 44.2 Å². The molecule has 2 rings (SSSR count). The highest BCUT2D eigenvalue weighted by Crippen LogP contribution is 2.09. The van der Waals surface area contributed by atoms with Crippen LogP contribution in [-0.4, -0.2) is 74.9 Å². The van der Waals surface area contributed by atoms with Gasteiger partial charge >= 0.3 is 5.97 Å². The minimum absolute atomic E-state index is 0.00905. The van der Waals surface area contributed by atoms with Gasteiger partial charge in [0.1, 0.15) is 18.1 Å². The summed E-state index contributed by atoms with van der Waals surface area (Å²) in [4.78, 5) is 57.6. The van der Waals surface area contributed by atoms with Crippen molar-refractivity contribution in [2.45, 2.75) is 63.7 Å². The molecule has 0 aliphatic carbocycles. The first-order valence-corrected chi connectivity index (χ1v) is 13.9. The molecule has 3 amide bonds. The number of nitrogens with zero attached hydrogens (tertiary/aromatic N) is 1. The van der Waals surface area contributed by atoms with E-state index in [0.29, 0.717) is 24.3 Å². The Morgan fingerprint density at radius 2 is 1.61 bits per heavy atom. The van der Waals surface area contributed by atoms with Gasteiger partial charge in [-0.2, -0.15) is 11.8 Å². The van der Waals surface area contributed by atoms with Gasteiger partial charge in [0, 0.05) is 18.3 Å². The van der Waals surface area contributed by atoms with Crippen molar-refractivity contribution in [2.75, 3.05) is 12.0 Å². The van der Waals surface area contributed by atoms with Crippen molar-refractivity contribution < 1.29 is 24.3 Å². The van der Waals surface area contributed by atoms with Gasteiger partial charge in [0.25, 0.3) is 0 Å². The summed E-state index contributed by atoms with van der Waals surface area (Å²) in [5.74, 6) is -2.19. The van der Waals surface area contributed by atoms with Crippen LogP contribution >= 0.6 is 11.8 Å². The second kappa shape index (κ2) is 15.8. The standard InChI is InChI=1S/C26H38N6O5S/c1-16(2)11-21(25(35)32-22(26(36)37)13-18-14-28-15-29-18)31-24(34)20(9-10-38-3)30-23(33)19(27)12-17-7-5-4-6-8-17/h4-8,14-16,19-22H,9-13,27H2,1-3H3,(H,28,29)(H,30,33)(H,31,34)(H,32,35)(H,36,37). The second-order valence-electron chi connectivity index (χ2n) is 9.51. The molecule has 0 fully saturated rings. The van der Waals surface area contributed by atoms with Crippen molar-refractivity contribution in [3.63, 3.8) is 0 Å². The molecule has 0 saturated carbocycles. The first-order valence-electron chi connectivity index (χ1n) is 12.5. The van der Waals surface area contributed by atoms with E-state index in [1.165, 1.54) is 24.3 Å². The maximum atomic E-state index is 13.3. The largest absolute Gasteiger partial charge is 0.480 e. The average molecular weight is 547 g/mol. The number of hydrogen-bond acceptors (Lipinski definition) is 7. The fourth-order valence-corrected chi connectivity index (χ4v) is 4.28. The number of rotatable bonds is 16. The smallest absolute Gasteiger partial charge is 0.326 e. The molecule has 0 radical (unpaired) electrons. The average Bonchev–Trinajstić information content (AvgIpc) is 3.38. The number of carboxylic acids is 1. The lowest BCUT2D eigenvalue weighted by atomic mass is 10.0. The monoisotopic (exact) mass is 546 g/mol. The molecule has 0 saturated heterocycles. The summed E-state index contributed by atoms with van der Waals surface area (Å²) in [7, 11) is 0. The van der Waals surface area contributed by atoms with Gasteiger partial charge < -0.3 is 31.8 Å². The zero-order chi connectivity index (χ0) is 28.1. The van der Waals surface area contributed by atoms with E-state index in [1.54, 1.807) is 0 Å². The Bertz CT molecular complexity index is 1030. The van der Waals surface area contributed by atoms with Gasteiger partial charge in [-0.3, -0.25) is 14.4 Å². The van der Waals surface area contributed by atoms with E-state index in [2.05, 4.69) is 25.9 Å². The van der Waals surface area contributed by atoms with Crippen molar-refractivity contribution in [1.29, 1.82) is 0 Å². The molecule has 7 N–H and O–H groups in total. The number of carbonyl (C=O) groups is 4. The van der Waals surface area contributed by atoms with E-state index in [9.17, 15) is 24.3 Å². The molecule has 38 heavy (non-hydrogen) atoms. The Kier molecular flexibility index (Phi) is 12.8. The van der Waals surface area contributed by atoms with Gasteiger partial charge in [-0.15, -0.1) is 0 Å². The predicted octanol–water partition coefficient (Wildman–Crippen LogP) is 0.860. The summed E-state index contributed by atoms with van der Waals surface area (Å²) >= 11 is 1.52. The minimum atomic E-state index is -1.21. The Labute approximate surface area is 227 Å². The number of aromatic nitrogens is 2. The third-order valence-corrected chi connectivity index (χ3v) is 6.46. The van der Waals surface area contributed by atoms with Crippen LogP contribution in [0.5, 0.6) is 0 Å². The molecule has 0 bridgehead atoms. The summed E-state index contributed by atoms with van der Waals surface area (Å²) in [6, 6.07) is 5.38. The number of nitrogens with two attached hydrogens (primary N) is 1. The number of aromatic amines is 1. The molecular weight excluding hydrogens is 508 g/mol. The SMILES string of the molecule is CSCCC(NC(=O)C(N)Cc1ccccc1)C(=O)NC(CC(C)C)C(=O)NC(Cc1cnc[nH]1)C(=O)O. The lowest BCUT2D eigenvalue weighted by Crippen LogP contribution is -2.57. The maximum Gasteiger partial charge on any atom is 0.326 e. The highest BCUT2D eigenvalue weighted by Gasteiger charge is 2.31. The van der Waals surface area contributed by atoms with Gasteiger partial charge in [-0.05, 0) is 42.8 Å². The number of aliphatic carboxylic acids is 1. The Morgan fingerprint density at radius 3 is 2.18 bits per heavy atom. The van der Waals surface area contributed by atoms with Crippen LogP contribution in [-0.2, 0) is 32.0 Å². The van der Waals surface area contributed by atoms with Crippen LogP contribution in [0, 0.1) is 5.92 Å². The zero-order valence-corrected chi connectivity index (χ0v) is 22.8. The van der Waals surface area contributed by atoms with E-state index < -0.39 is 47.9 Å². The number of carbonyl (C=O) groups excluding carboxylic acids is 3. The highest BCUT2D eigenvalue weighted by molar-refractivity contribution is 7.98. The molecule has 4 atom stereocenters. The number of carboxylic acid groups (broad SMARTS) is 1. The third-order valence-electron chi connectivity index (χ3n) is 5.81. The van der Waals surface area contributed by atoms with E-state index in [4.69, 9.17) is 5.73 Å². The van der Waals surface area contributed by atoms with Crippen LogP contribution in [0.3, 0.4) is 0 Å². The van der Waals surface area contributed by atoms with Gasteiger partial charge in [-0.25, -0.2) is 9.78 Å². The molecule has 0 aliphatic heterocycles. The number of benzene rings is 1. The number of amides is 3. The molecule has 12 heteroatoms. The lowest BCUT2D eigenvalue weighted by Gasteiger charge is -2.26. The quantitative estimate of drug-likeness (QED) is 0.179. The number of H-pyrrole nitrogens is 1. The van der Waals surface area contributed by atoms with Crippen molar-refractivity contribution in [1.82, 2.24) is 25.9 Å². The Balaban J connectivity index is 2.09. The first kappa shape index (κ1) is 30.8. The number of thioether (sulfide) groups is 1. The summed E-state index contributed by atoms with van der Waals surface area (Å²) < 4.78 is 0. The van der Waals surface area contributed by atoms with Gasteiger partial charge in [0.15, 0.2) is 0 Å². The summed E-state index contributed by atoms with van der Waals surface area (Å²) in [5.41, 5.74) is 7.55. The van der Waals surface area contributed by atoms with Crippen LogP contribution in [0.1, 0.15) is 37.9 Å². The number of hydrogen-bond donors (Lipinski definition) is 6. The molecule has 11 nitrogen and oxygen atoms in total. The highest BCUT2D eigenvalue weighted by atomic mass is 32.2. The van der Waals surface area contributed by atoms with E-state index >= 15 is 0 Å². The lowest BCUT2D eigenvalue weighted by molar-refractivity contribution is -0.142. The van der Waals surface area contributed by atoms with E-state index in [-0.39, 0.29) is 18.8 Å². The van der Waals surface area contributed by atoms with Gasteiger partial charge in [0.2, 0.25) is 17.7 Å². The normalized spacial score (nSPS) is 14.2. The summed E-state index contributed by atoms with van der Waals surface area (Å²) in [5, 5.41) is 17.6. The van der Waals surface area contributed by atoms with Crippen molar-refractivity contribution in [3.05, 3.63) is 54.1 Å². The van der Waals surface area contributed by atoms with Gasteiger partial charge in [0.05, 0.1) is 12.4 Å². The fraction of sp³-hybridized carbons (Fsp3) is 0.500. The fourth-order valence-electron chi connectivity index (χ4n) is 3.81. The molecule has 208 valence electrons. The van der Waals surface area contributed by atoms with Crippen molar-refractivity contribution >= 4 is 35.5 Å². The van der Waals surface area contributed by atoms with Crippen LogP contribution in [0.2, 0.25) is 0 Å². The second-order valence-corrected chi connectivity index (χ2v) is 10.5. The summed E-state index contributed by atoms with van der Waals surface area (Å²) in [6.45, 7) is 3.78. The summed E-state index contributed by atoms with van der Waals surface area (Å²) in [6.07, 6.45) is 5.74. The molecule has 0 aliphatic rings. The molecule has 1 heterocycles. The molecule has 0 spiro atoms. The minimum Gasteiger partial charge on any atom is -0.480 e. The number of imidazole rings is 1. The zero-order valence-electron chi connectivity index (χ0n) is 22.0. The Hall–Kier alpha value is -3.38. The Morgan fingerprint density at radius 1 is 0.974 bits per heavy atom. The van der Waals surface area contributed by atoms with Crippen LogP contribution < -0.4 is 21.7 Å². The topological polar surface area (TPSA) is 179 Å². The van der Waals surface area contributed by atoms with E-state index in [1.807, 2.05) is 50.4 Å². The molecule has 4 unspecified atom stereocenters. The molecule has 1 aromatic carbocycles. The van der Waals surface area contributed by atoms with Crippen LogP contribution in [0.15, 0.2) is 42.9 Å². The first-order chi connectivity index (χ1) is 18.1. The predicted molar refractivity (Wildman–Crippen MR) is 146 cm³/mol. The molecule has 2 aromatic rings.